The zero-order valence-corrected chi connectivity index (χ0v) is 20.8. The third-order valence-electron chi connectivity index (χ3n) is 11.3. The van der Waals surface area contributed by atoms with Crippen LogP contribution in [-0.2, 0) is 0 Å². The molecule has 0 heterocycles. The average molecular weight is 399 g/mol. The lowest BCUT2D eigenvalue weighted by Crippen LogP contribution is -2.53. The van der Waals surface area contributed by atoms with E-state index in [1.165, 1.54) is 64.2 Å². The number of fused-ring (bicyclic) bond motifs is 5. The second-order valence-corrected chi connectivity index (χ2v) is 13.0. The molecule has 0 heteroatoms. The molecule has 0 aliphatic heterocycles. The Balaban J connectivity index is 1.49. The molecule has 0 N–H and O–H groups in total. The zero-order chi connectivity index (χ0) is 21.0. The number of rotatable bonds is 5. The van der Waals surface area contributed by atoms with Crippen molar-refractivity contribution in [3.63, 3.8) is 0 Å². The van der Waals surface area contributed by atoms with Crippen molar-refractivity contribution in [1.29, 1.82) is 0 Å². The molecular weight excluding hydrogens is 348 g/mol. The van der Waals surface area contributed by atoms with Crippen LogP contribution in [-0.4, -0.2) is 0 Å². The molecule has 0 amide bonds. The monoisotopic (exact) mass is 398 g/mol. The minimum absolute atomic E-state index is 0.606. The van der Waals surface area contributed by atoms with Crippen LogP contribution >= 0.6 is 0 Å². The van der Waals surface area contributed by atoms with E-state index in [4.69, 9.17) is 0 Å². The minimum Gasteiger partial charge on any atom is -0.0741 e. The Hall–Kier alpha value is -0.260. The van der Waals surface area contributed by atoms with Crippen molar-refractivity contribution in [2.24, 2.45) is 52.3 Å². The van der Waals surface area contributed by atoms with Crippen LogP contribution < -0.4 is 0 Å². The van der Waals surface area contributed by atoms with E-state index >= 15 is 0 Å². The minimum atomic E-state index is 0.606. The van der Waals surface area contributed by atoms with Gasteiger partial charge in [-0.05, 0) is 117 Å². The summed E-state index contributed by atoms with van der Waals surface area (Å²) in [7, 11) is 0. The van der Waals surface area contributed by atoms with Gasteiger partial charge in [0.05, 0.1) is 0 Å². The molecule has 166 valence electrons. The van der Waals surface area contributed by atoms with Gasteiger partial charge in [-0.2, -0.15) is 0 Å². The van der Waals surface area contributed by atoms with Gasteiger partial charge in [0.2, 0.25) is 0 Å². The fraction of sp³-hybridized carbons (Fsp3) is 0.931. The first-order chi connectivity index (χ1) is 13.7. The first kappa shape index (κ1) is 22.0. The lowest BCUT2D eigenvalue weighted by atomic mass is 9.44. The Morgan fingerprint density at radius 3 is 2.28 bits per heavy atom. The van der Waals surface area contributed by atoms with Crippen molar-refractivity contribution in [1.82, 2.24) is 0 Å². The molecule has 8 atom stereocenters. The summed E-state index contributed by atoms with van der Waals surface area (Å²) in [6, 6.07) is 0. The van der Waals surface area contributed by atoms with Crippen LogP contribution in [0.25, 0.3) is 0 Å². The first-order valence-corrected chi connectivity index (χ1v) is 13.3. The molecule has 3 fully saturated rings. The third-order valence-corrected chi connectivity index (χ3v) is 11.3. The van der Waals surface area contributed by atoms with Gasteiger partial charge in [0.1, 0.15) is 0 Å². The molecule has 0 aromatic rings. The Bertz CT molecular complexity index is 626. The fourth-order valence-electron chi connectivity index (χ4n) is 9.50. The molecule has 0 nitrogen and oxygen atoms in total. The van der Waals surface area contributed by atoms with Crippen molar-refractivity contribution in [2.45, 2.75) is 119 Å². The van der Waals surface area contributed by atoms with E-state index in [2.05, 4.69) is 48.5 Å². The van der Waals surface area contributed by atoms with E-state index < -0.39 is 0 Å². The van der Waals surface area contributed by atoms with Crippen molar-refractivity contribution in [3.05, 3.63) is 11.1 Å². The predicted octanol–water partition coefficient (Wildman–Crippen LogP) is 9.05. The van der Waals surface area contributed by atoms with Crippen molar-refractivity contribution in [2.75, 3.05) is 0 Å². The fourth-order valence-corrected chi connectivity index (χ4v) is 9.50. The second kappa shape index (κ2) is 8.02. The molecule has 0 bridgehead atoms. The molecule has 29 heavy (non-hydrogen) atoms. The normalized spacial score (nSPS) is 45.7. The molecule has 0 aromatic carbocycles. The highest BCUT2D eigenvalue weighted by Gasteiger charge is 2.60. The molecule has 0 radical (unpaired) electrons. The van der Waals surface area contributed by atoms with E-state index in [0.717, 1.165) is 41.4 Å². The maximum absolute atomic E-state index is 2.75. The summed E-state index contributed by atoms with van der Waals surface area (Å²) in [6.45, 7) is 17.7. The number of hydrogen-bond acceptors (Lipinski definition) is 0. The summed E-state index contributed by atoms with van der Waals surface area (Å²) >= 11 is 0. The highest BCUT2D eigenvalue weighted by atomic mass is 14.6. The third kappa shape index (κ3) is 3.57. The summed E-state index contributed by atoms with van der Waals surface area (Å²) in [4.78, 5) is 0. The molecular formula is C29H50. The second-order valence-electron chi connectivity index (χ2n) is 13.0. The SMILES string of the molecule is CC1=C(C)[C@@H]2CC[C@@H]3[C@H](CC[C@]4(C)[C@@H]([C@H](C)CCCC(C)C)CC[C@@H]34)[C@@]2(C)CC1. The van der Waals surface area contributed by atoms with Gasteiger partial charge < -0.3 is 0 Å². The maximum Gasteiger partial charge on any atom is -0.0146 e. The maximum atomic E-state index is 2.75. The zero-order valence-electron chi connectivity index (χ0n) is 20.8. The van der Waals surface area contributed by atoms with Gasteiger partial charge in [0, 0.05) is 0 Å². The largest absolute Gasteiger partial charge is 0.0741 e. The van der Waals surface area contributed by atoms with E-state index in [1.807, 2.05) is 0 Å². The summed E-state index contributed by atoms with van der Waals surface area (Å²) in [5, 5.41) is 0. The topological polar surface area (TPSA) is 0 Å². The molecule has 4 aliphatic carbocycles. The molecule has 4 rings (SSSR count). The Morgan fingerprint density at radius 1 is 0.828 bits per heavy atom. The van der Waals surface area contributed by atoms with Crippen LogP contribution in [0.4, 0.5) is 0 Å². The highest BCUT2D eigenvalue weighted by Crippen LogP contribution is 2.68. The highest BCUT2D eigenvalue weighted by molar-refractivity contribution is 5.23. The van der Waals surface area contributed by atoms with Gasteiger partial charge in [-0.3, -0.25) is 0 Å². The molecule has 4 aliphatic rings. The quantitative estimate of drug-likeness (QED) is 0.405. The van der Waals surface area contributed by atoms with Crippen molar-refractivity contribution < 1.29 is 0 Å². The Labute approximate surface area is 182 Å². The summed E-state index contributed by atoms with van der Waals surface area (Å²) in [5.74, 6) is 6.79. The van der Waals surface area contributed by atoms with E-state index in [-0.39, 0.29) is 0 Å². The Kier molecular flexibility index (Phi) is 6.07. The van der Waals surface area contributed by atoms with Crippen LogP contribution in [0.5, 0.6) is 0 Å². The molecule has 3 saturated carbocycles. The van der Waals surface area contributed by atoms with Gasteiger partial charge >= 0.3 is 0 Å². The smallest absolute Gasteiger partial charge is 0.0146 e. The van der Waals surface area contributed by atoms with Gasteiger partial charge in [0.25, 0.3) is 0 Å². The summed E-state index contributed by atoms with van der Waals surface area (Å²) < 4.78 is 0. The van der Waals surface area contributed by atoms with Crippen molar-refractivity contribution in [3.8, 4) is 0 Å². The lowest BCUT2D eigenvalue weighted by Gasteiger charge is -2.61. The van der Waals surface area contributed by atoms with Crippen molar-refractivity contribution >= 4 is 0 Å². The number of hydrogen-bond donors (Lipinski definition) is 0. The molecule has 0 unspecified atom stereocenters. The molecule has 0 aromatic heterocycles. The van der Waals surface area contributed by atoms with Crippen LogP contribution in [0.1, 0.15) is 119 Å². The summed E-state index contributed by atoms with van der Waals surface area (Å²) in [5.41, 5.74) is 4.77. The van der Waals surface area contributed by atoms with Crippen LogP contribution in [0.15, 0.2) is 11.1 Å². The van der Waals surface area contributed by atoms with E-state index in [1.54, 1.807) is 17.6 Å². The van der Waals surface area contributed by atoms with E-state index in [0.29, 0.717) is 10.8 Å². The Morgan fingerprint density at radius 2 is 1.55 bits per heavy atom. The molecule has 0 saturated heterocycles. The van der Waals surface area contributed by atoms with Crippen LogP contribution in [0, 0.1) is 52.3 Å². The first-order valence-electron chi connectivity index (χ1n) is 13.3. The average Bonchev–Trinajstić information content (AvgIpc) is 3.02. The van der Waals surface area contributed by atoms with Crippen LogP contribution in [0.2, 0.25) is 0 Å². The standard InChI is InChI=1S/C29H50/c1-19(2)9-8-10-21(4)24-13-14-26-23-11-12-25-22(5)20(3)15-17-29(25,7)27(23)16-18-28(24,26)6/h19,21,23-27H,8-18H2,1-7H3/t21-,23+,24-,25+,26+,27+,28-,29+/m1/s1. The van der Waals surface area contributed by atoms with Crippen LogP contribution in [0.3, 0.4) is 0 Å². The summed E-state index contributed by atoms with van der Waals surface area (Å²) in [6.07, 6.45) is 16.4. The van der Waals surface area contributed by atoms with Gasteiger partial charge in [-0.1, -0.05) is 65.0 Å². The molecule has 0 spiro atoms. The predicted molar refractivity (Wildman–Crippen MR) is 127 cm³/mol. The number of allylic oxidation sites excluding steroid dienone is 2. The van der Waals surface area contributed by atoms with Gasteiger partial charge in [-0.25, -0.2) is 0 Å². The van der Waals surface area contributed by atoms with E-state index in [9.17, 15) is 0 Å². The van der Waals surface area contributed by atoms with Gasteiger partial charge in [0.15, 0.2) is 0 Å². The lowest BCUT2D eigenvalue weighted by molar-refractivity contribution is -0.0987. The van der Waals surface area contributed by atoms with Gasteiger partial charge in [-0.15, -0.1) is 0 Å².